The number of imidazole rings is 1. The van der Waals surface area contributed by atoms with Crippen molar-refractivity contribution >= 4 is 34.7 Å². The highest BCUT2D eigenvalue weighted by Gasteiger charge is 2.32. The third-order valence-electron chi connectivity index (χ3n) is 7.38. The predicted octanol–water partition coefficient (Wildman–Crippen LogP) is 4.79. The first-order valence-electron chi connectivity index (χ1n) is 12.5. The summed E-state index contributed by atoms with van der Waals surface area (Å²) in [6.45, 7) is 3.44. The molecule has 3 heterocycles. The summed E-state index contributed by atoms with van der Waals surface area (Å²) in [7, 11) is 0. The van der Waals surface area contributed by atoms with Crippen molar-refractivity contribution in [1.29, 1.82) is 0 Å². The maximum atomic E-state index is 13.0. The molecule has 1 amide bonds. The first kappa shape index (κ1) is 25.2. The maximum Gasteiger partial charge on any atom is 0.416 e. The number of hydrogen-bond acceptors (Lipinski definition) is 7. The number of fused-ring (bicyclic) bond motifs is 1. The quantitative estimate of drug-likeness (QED) is 0.430. The van der Waals surface area contributed by atoms with Crippen LogP contribution in [0.5, 0.6) is 0 Å². The second-order valence-electron chi connectivity index (χ2n) is 10.1. The molecule has 2 fully saturated rings. The number of carbonyl (C=O) groups is 1. The molecule has 1 aliphatic heterocycles. The molecule has 0 radical (unpaired) electrons. The van der Waals surface area contributed by atoms with Gasteiger partial charge in [-0.25, -0.2) is 9.97 Å². The van der Waals surface area contributed by atoms with Gasteiger partial charge in [0.15, 0.2) is 5.65 Å². The Morgan fingerprint density at radius 3 is 2.41 bits per heavy atom. The van der Waals surface area contributed by atoms with Crippen LogP contribution in [0.4, 0.5) is 30.8 Å². The Labute approximate surface area is 212 Å². The first-order valence-corrected chi connectivity index (χ1v) is 12.5. The number of rotatable bonds is 6. The smallest absolute Gasteiger partial charge is 0.381 e. The zero-order valence-corrected chi connectivity index (χ0v) is 20.5. The summed E-state index contributed by atoms with van der Waals surface area (Å²) in [4.78, 5) is 25.7. The summed E-state index contributed by atoms with van der Waals surface area (Å²) in [6, 6.07) is 4.80. The monoisotopic (exact) mass is 517 g/mol. The molecule has 1 aromatic carbocycles. The molecule has 198 valence electrons. The van der Waals surface area contributed by atoms with Crippen molar-refractivity contribution < 1.29 is 22.7 Å². The van der Waals surface area contributed by atoms with Gasteiger partial charge in [0.25, 0.3) is 0 Å². The van der Waals surface area contributed by atoms with Crippen LogP contribution in [0.3, 0.4) is 0 Å². The van der Waals surface area contributed by atoms with E-state index in [2.05, 4.69) is 27.5 Å². The van der Waals surface area contributed by atoms with Gasteiger partial charge in [-0.2, -0.15) is 18.2 Å². The van der Waals surface area contributed by atoms with Gasteiger partial charge in [-0.05, 0) is 69.7 Å². The average Bonchev–Trinajstić information content (AvgIpc) is 3.21. The minimum atomic E-state index is -4.41. The first-order chi connectivity index (χ1) is 17.6. The second kappa shape index (κ2) is 9.81. The number of hydrogen-bond donors (Lipinski definition) is 3. The van der Waals surface area contributed by atoms with Gasteiger partial charge in [0.1, 0.15) is 5.52 Å². The summed E-state index contributed by atoms with van der Waals surface area (Å²) < 4.78 is 46.5. The van der Waals surface area contributed by atoms with Crippen molar-refractivity contribution in [2.24, 2.45) is 11.7 Å². The van der Waals surface area contributed by atoms with Crippen LogP contribution in [0.2, 0.25) is 0 Å². The molecule has 0 atom stereocenters. The van der Waals surface area contributed by atoms with Gasteiger partial charge in [-0.1, -0.05) is 0 Å². The molecule has 2 aliphatic rings. The molecule has 4 N–H and O–H groups in total. The van der Waals surface area contributed by atoms with E-state index in [1.54, 1.807) is 6.20 Å². The number of halogens is 3. The summed E-state index contributed by atoms with van der Waals surface area (Å²) in [6.07, 6.45) is 1.57. The zero-order valence-electron chi connectivity index (χ0n) is 20.5. The maximum absolute atomic E-state index is 13.0. The van der Waals surface area contributed by atoms with E-state index in [1.807, 2.05) is 4.57 Å². The van der Waals surface area contributed by atoms with Gasteiger partial charge in [0.05, 0.1) is 11.8 Å². The van der Waals surface area contributed by atoms with Crippen LogP contribution in [-0.4, -0.2) is 44.2 Å². The molecule has 37 heavy (non-hydrogen) atoms. The number of benzene rings is 1. The van der Waals surface area contributed by atoms with Crippen LogP contribution in [0, 0.1) is 5.92 Å². The number of nitrogens with one attached hydrogen (secondary N) is 2. The molecular formula is C25H30F3N7O2. The van der Waals surface area contributed by atoms with E-state index in [-0.39, 0.29) is 23.4 Å². The largest absolute Gasteiger partial charge is 0.416 e. The van der Waals surface area contributed by atoms with Crippen molar-refractivity contribution in [2.75, 3.05) is 23.8 Å². The van der Waals surface area contributed by atoms with Gasteiger partial charge in [0.2, 0.25) is 17.8 Å². The highest BCUT2D eigenvalue weighted by Crippen LogP contribution is 2.37. The lowest BCUT2D eigenvalue weighted by atomic mass is 9.85. The molecule has 9 nitrogen and oxygen atoms in total. The van der Waals surface area contributed by atoms with E-state index in [1.165, 1.54) is 12.1 Å². The molecule has 5 rings (SSSR count). The standard InChI is InChI=1S/C25H30F3N7O2/c1-24(10-12-37-13-11-24)34-22-30-14-19-21(33-22)35(18-8-2-15(3-9-18)20(29)36)23(32-19)31-17-6-4-16(5-7-17)25(26,27)28/h4-7,14-15,18H,2-3,8-13H2,1H3,(H2,29,36)(H,31,32)(H,30,33,34). The normalized spacial score (nSPS) is 22.1. The number of alkyl halides is 3. The molecule has 1 saturated carbocycles. The third-order valence-corrected chi connectivity index (χ3v) is 7.38. The molecular weight excluding hydrogens is 487 g/mol. The number of aromatic nitrogens is 4. The fraction of sp³-hybridized carbons (Fsp3) is 0.520. The van der Waals surface area contributed by atoms with Crippen LogP contribution in [-0.2, 0) is 15.7 Å². The van der Waals surface area contributed by atoms with Crippen LogP contribution in [0.15, 0.2) is 30.5 Å². The minimum Gasteiger partial charge on any atom is -0.381 e. The third kappa shape index (κ3) is 5.48. The lowest BCUT2D eigenvalue weighted by molar-refractivity contribution is -0.137. The van der Waals surface area contributed by atoms with E-state index in [4.69, 9.17) is 15.5 Å². The Balaban J connectivity index is 1.48. The molecule has 2 aromatic heterocycles. The topological polar surface area (TPSA) is 120 Å². The van der Waals surface area contributed by atoms with Crippen LogP contribution >= 0.6 is 0 Å². The van der Waals surface area contributed by atoms with Gasteiger partial charge in [-0.15, -0.1) is 0 Å². The van der Waals surface area contributed by atoms with E-state index < -0.39 is 11.7 Å². The number of amides is 1. The number of nitrogens with two attached hydrogens (primary N) is 1. The van der Waals surface area contributed by atoms with Crippen molar-refractivity contribution in [3.05, 3.63) is 36.0 Å². The van der Waals surface area contributed by atoms with Gasteiger partial charge < -0.3 is 21.1 Å². The van der Waals surface area contributed by atoms with E-state index in [9.17, 15) is 18.0 Å². The van der Waals surface area contributed by atoms with Gasteiger partial charge in [-0.3, -0.25) is 9.36 Å². The lowest BCUT2D eigenvalue weighted by Gasteiger charge is -2.34. The van der Waals surface area contributed by atoms with Gasteiger partial charge >= 0.3 is 6.18 Å². The van der Waals surface area contributed by atoms with E-state index in [0.717, 1.165) is 25.0 Å². The Morgan fingerprint density at radius 2 is 1.78 bits per heavy atom. The molecule has 0 bridgehead atoms. The summed E-state index contributed by atoms with van der Waals surface area (Å²) >= 11 is 0. The predicted molar refractivity (Wildman–Crippen MR) is 132 cm³/mol. The van der Waals surface area contributed by atoms with Gasteiger partial charge in [0, 0.05) is 36.4 Å². The highest BCUT2D eigenvalue weighted by molar-refractivity contribution is 5.78. The molecule has 1 saturated heterocycles. The van der Waals surface area contributed by atoms with Crippen LogP contribution in [0.25, 0.3) is 11.2 Å². The summed E-state index contributed by atoms with van der Waals surface area (Å²) in [5.41, 5.74) is 6.26. The van der Waals surface area contributed by atoms with Crippen molar-refractivity contribution in [2.45, 2.75) is 63.2 Å². The Hall–Kier alpha value is -3.41. The molecule has 0 unspecified atom stereocenters. The van der Waals surface area contributed by atoms with E-state index >= 15 is 0 Å². The zero-order chi connectivity index (χ0) is 26.2. The molecule has 1 aliphatic carbocycles. The fourth-order valence-corrected chi connectivity index (χ4v) is 5.09. The Bertz CT molecular complexity index is 1260. The van der Waals surface area contributed by atoms with E-state index in [0.29, 0.717) is 67.6 Å². The highest BCUT2D eigenvalue weighted by atomic mass is 19.4. The molecule has 3 aromatic rings. The number of carbonyl (C=O) groups excluding carboxylic acids is 1. The number of primary amides is 1. The van der Waals surface area contributed by atoms with Crippen LogP contribution in [0.1, 0.15) is 57.1 Å². The van der Waals surface area contributed by atoms with Crippen molar-refractivity contribution in [3.8, 4) is 0 Å². The molecule has 0 spiro atoms. The number of nitrogens with zero attached hydrogens (tertiary/aromatic N) is 4. The second-order valence-corrected chi connectivity index (χ2v) is 10.1. The van der Waals surface area contributed by atoms with Crippen molar-refractivity contribution in [3.63, 3.8) is 0 Å². The Kier molecular flexibility index (Phi) is 6.69. The average molecular weight is 518 g/mol. The summed E-state index contributed by atoms with van der Waals surface area (Å²) in [5, 5.41) is 6.62. The van der Waals surface area contributed by atoms with Crippen LogP contribution < -0.4 is 16.4 Å². The lowest BCUT2D eigenvalue weighted by Crippen LogP contribution is -2.41. The SMILES string of the molecule is CC1(Nc2ncc3nc(Nc4ccc(C(F)(F)F)cc4)n(C4CCC(C(N)=O)CC4)c3n2)CCOCC1. The fourth-order valence-electron chi connectivity index (χ4n) is 5.09. The van der Waals surface area contributed by atoms with Crippen molar-refractivity contribution in [1.82, 2.24) is 19.5 Å². The Morgan fingerprint density at radius 1 is 1.11 bits per heavy atom. The molecule has 12 heteroatoms. The minimum absolute atomic E-state index is 0.0148. The summed E-state index contributed by atoms with van der Waals surface area (Å²) in [5.74, 6) is 0.471. The number of ether oxygens (including phenoxy) is 1. The number of anilines is 3.